The highest BCUT2D eigenvalue weighted by atomic mass is 16.6. The number of aliphatic hydroxyl groups excluding tert-OH is 4. The minimum atomic E-state index is -1.52. The number of unbranched alkanes of at least 4 members (excludes halogenated alkanes) is 1. The minimum absolute atomic E-state index is 0.0399. The zero-order valence-corrected chi connectivity index (χ0v) is 12.7. The van der Waals surface area contributed by atoms with Gasteiger partial charge in [0.1, 0.15) is 24.4 Å². The number of nitrogens with one attached hydrogen (secondary N) is 1. The molecule has 2 rings (SSSR count). The first-order valence-electron chi connectivity index (χ1n) is 7.50. The number of aromatic nitrogens is 3. The summed E-state index contributed by atoms with van der Waals surface area (Å²) in [6, 6.07) is 0. The highest BCUT2D eigenvalue weighted by Gasteiger charge is 2.44. The van der Waals surface area contributed by atoms with Crippen molar-refractivity contribution in [2.24, 2.45) is 0 Å². The van der Waals surface area contributed by atoms with Gasteiger partial charge in [0.15, 0.2) is 11.9 Å². The van der Waals surface area contributed by atoms with E-state index in [1.165, 1.54) is 6.20 Å². The van der Waals surface area contributed by atoms with Crippen LogP contribution in [0.15, 0.2) is 6.20 Å². The highest BCUT2D eigenvalue weighted by molar-refractivity contribution is 5.91. The molecule has 5 atom stereocenters. The number of aliphatic hydroxyl groups is 4. The van der Waals surface area contributed by atoms with Gasteiger partial charge >= 0.3 is 0 Å². The normalized spacial score (nSPS) is 31.1. The van der Waals surface area contributed by atoms with E-state index in [2.05, 4.69) is 15.6 Å². The molecule has 0 spiro atoms. The third kappa shape index (κ3) is 3.85. The van der Waals surface area contributed by atoms with Crippen LogP contribution in [0.2, 0.25) is 0 Å². The molecule has 0 unspecified atom stereocenters. The zero-order chi connectivity index (χ0) is 17.0. The van der Waals surface area contributed by atoms with Gasteiger partial charge in [-0.1, -0.05) is 18.6 Å². The summed E-state index contributed by atoms with van der Waals surface area (Å²) in [5.74, 6) is -0.408. The Balaban J connectivity index is 2.08. The monoisotopic (exact) mass is 330 g/mol. The fourth-order valence-electron chi connectivity index (χ4n) is 2.27. The first kappa shape index (κ1) is 17.8. The average Bonchev–Trinajstić information content (AvgIpc) is 3.03. The maximum absolute atomic E-state index is 11.9. The van der Waals surface area contributed by atoms with Crippen molar-refractivity contribution in [1.82, 2.24) is 20.3 Å². The van der Waals surface area contributed by atoms with Crippen LogP contribution in [0, 0.1) is 0 Å². The number of nitrogens with zero attached hydrogens (tertiary/aromatic N) is 3. The van der Waals surface area contributed by atoms with E-state index >= 15 is 0 Å². The molecule has 10 heteroatoms. The predicted molar refractivity (Wildman–Crippen MR) is 76.3 cm³/mol. The Labute approximate surface area is 132 Å². The number of hydrogen-bond donors (Lipinski definition) is 5. The summed E-state index contributed by atoms with van der Waals surface area (Å²) in [4.78, 5) is 11.9. The van der Waals surface area contributed by atoms with E-state index in [9.17, 15) is 20.1 Å². The van der Waals surface area contributed by atoms with Crippen molar-refractivity contribution >= 4 is 5.91 Å². The van der Waals surface area contributed by atoms with Crippen LogP contribution in [0.1, 0.15) is 36.5 Å². The standard InChI is InChI=1S/C13H22N4O6/c1-2-3-4-14-12(22)7-5-17(16-15-7)13-11(21)10(20)9(19)8(6-18)23-13/h5,8-11,13,18-21H,2-4,6H2,1H3,(H,14,22)/t8-,9-,10+,11+,13-/m1/s1. The molecule has 5 N–H and O–H groups in total. The maximum atomic E-state index is 11.9. The minimum Gasteiger partial charge on any atom is -0.394 e. The van der Waals surface area contributed by atoms with Gasteiger partial charge in [-0.3, -0.25) is 4.79 Å². The van der Waals surface area contributed by atoms with Crippen molar-refractivity contribution in [3.63, 3.8) is 0 Å². The van der Waals surface area contributed by atoms with Gasteiger partial charge in [-0.15, -0.1) is 5.10 Å². The van der Waals surface area contributed by atoms with Gasteiger partial charge in [-0.2, -0.15) is 0 Å². The van der Waals surface area contributed by atoms with Gasteiger partial charge in [-0.25, -0.2) is 4.68 Å². The number of carbonyl (C=O) groups excluding carboxylic acids is 1. The molecule has 10 nitrogen and oxygen atoms in total. The van der Waals surface area contributed by atoms with E-state index in [4.69, 9.17) is 9.84 Å². The van der Waals surface area contributed by atoms with Crippen LogP contribution in [0.5, 0.6) is 0 Å². The summed E-state index contributed by atoms with van der Waals surface area (Å²) in [7, 11) is 0. The molecule has 1 aliphatic rings. The lowest BCUT2D eigenvalue weighted by molar-refractivity contribution is -0.254. The van der Waals surface area contributed by atoms with Gasteiger partial charge in [0.2, 0.25) is 0 Å². The first-order valence-corrected chi connectivity index (χ1v) is 7.50. The lowest BCUT2D eigenvalue weighted by Crippen LogP contribution is -2.56. The van der Waals surface area contributed by atoms with Crippen molar-refractivity contribution < 1.29 is 30.0 Å². The van der Waals surface area contributed by atoms with Crippen LogP contribution >= 0.6 is 0 Å². The summed E-state index contributed by atoms with van der Waals surface area (Å²) in [6.45, 7) is 1.98. The van der Waals surface area contributed by atoms with Crippen LogP contribution in [0.4, 0.5) is 0 Å². The molecule has 1 aromatic heterocycles. The molecule has 0 radical (unpaired) electrons. The molecule has 23 heavy (non-hydrogen) atoms. The van der Waals surface area contributed by atoms with E-state index < -0.39 is 43.2 Å². The molecule has 130 valence electrons. The lowest BCUT2D eigenvalue weighted by atomic mass is 9.98. The third-order valence-corrected chi connectivity index (χ3v) is 3.69. The van der Waals surface area contributed by atoms with Crippen molar-refractivity contribution in [2.45, 2.75) is 50.4 Å². The number of hydrogen-bond acceptors (Lipinski definition) is 8. The Hall–Kier alpha value is -1.59. The van der Waals surface area contributed by atoms with Crippen molar-refractivity contribution in [2.75, 3.05) is 13.2 Å². The van der Waals surface area contributed by atoms with Crippen molar-refractivity contribution in [1.29, 1.82) is 0 Å². The van der Waals surface area contributed by atoms with Crippen LogP contribution in [0.3, 0.4) is 0 Å². The Bertz CT molecular complexity index is 522. The summed E-state index contributed by atoms with van der Waals surface area (Å²) in [5, 5.41) is 48.7. The fraction of sp³-hybridized carbons (Fsp3) is 0.769. The Kier molecular flexibility index (Phi) is 6.02. The number of amides is 1. The van der Waals surface area contributed by atoms with Gasteiger partial charge in [0.05, 0.1) is 12.8 Å². The first-order chi connectivity index (χ1) is 11.0. The SMILES string of the molecule is CCCCNC(=O)c1cn([C@@H]2O[C@H](CO)[C@@H](O)[C@H](O)[C@@H]2O)nn1. The van der Waals surface area contributed by atoms with E-state index in [1.54, 1.807) is 0 Å². The Morgan fingerprint density at radius 3 is 2.74 bits per heavy atom. The van der Waals surface area contributed by atoms with E-state index in [1.807, 2.05) is 6.92 Å². The second kappa shape index (κ2) is 7.79. The van der Waals surface area contributed by atoms with Crippen LogP contribution in [-0.4, -0.2) is 78.9 Å². The summed E-state index contributed by atoms with van der Waals surface area (Å²) in [5.41, 5.74) is 0.0399. The lowest BCUT2D eigenvalue weighted by Gasteiger charge is -2.39. The Morgan fingerprint density at radius 2 is 2.09 bits per heavy atom. The smallest absolute Gasteiger partial charge is 0.273 e. The van der Waals surface area contributed by atoms with Crippen LogP contribution < -0.4 is 5.32 Å². The molecule has 2 heterocycles. The molecule has 0 aromatic carbocycles. The maximum Gasteiger partial charge on any atom is 0.273 e. The summed E-state index contributed by atoms with van der Waals surface area (Å²) >= 11 is 0. The van der Waals surface area contributed by atoms with Gasteiger partial charge in [0.25, 0.3) is 5.91 Å². The topological polar surface area (TPSA) is 150 Å². The summed E-state index contributed by atoms with van der Waals surface area (Å²) in [6.07, 6.45) is -3.62. The third-order valence-electron chi connectivity index (χ3n) is 3.69. The fourth-order valence-corrected chi connectivity index (χ4v) is 2.27. The van der Waals surface area contributed by atoms with Gasteiger partial charge in [0, 0.05) is 6.54 Å². The quantitative estimate of drug-likeness (QED) is 0.368. The van der Waals surface area contributed by atoms with Gasteiger partial charge in [-0.05, 0) is 6.42 Å². The molecule has 0 bridgehead atoms. The van der Waals surface area contributed by atoms with Crippen LogP contribution in [-0.2, 0) is 4.74 Å². The molecule has 1 fully saturated rings. The van der Waals surface area contributed by atoms with Crippen molar-refractivity contribution in [3.8, 4) is 0 Å². The summed E-state index contributed by atoms with van der Waals surface area (Å²) < 4.78 is 6.41. The molecule has 0 aliphatic carbocycles. The van der Waals surface area contributed by atoms with Gasteiger partial charge < -0.3 is 30.5 Å². The molecule has 1 aromatic rings. The largest absolute Gasteiger partial charge is 0.394 e. The molecule has 1 aliphatic heterocycles. The molecule has 1 amide bonds. The molecule has 0 saturated carbocycles. The highest BCUT2D eigenvalue weighted by Crippen LogP contribution is 2.27. The van der Waals surface area contributed by atoms with Crippen molar-refractivity contribution in [3.05, 3.63) is 11.9 Å². The van der Waals surface area contributed by atoms with E-state index in [0.29, 0.717) is 6.54 Å². The van der Waals surface area contributed by atoms with Crippen LogP contribution in [0.25, 0.3) is 0 Å². The predicted octanol–water partition coefficient (Wildman–Crippen LogP) is -2.22. The number of rotatable bonds is 6. The zero-order valence-electron chi connectivity index (χ0n) is 12.7. The Morgan fingerprint density at radius 1 is 1.35 bits per heavy atom. The van der Waals surface area contributed by atoms with E-state index in [-0.39, 0.29) is 5.69 Å². The second-order valence-electron chi connectivity index (χ2n) is 5.41. The molecular weight excluding hydrogens is 308 g/mol. The second-order valence-corrected chi connectivity index (χ2v) is 5.41. The molecule has 1 saturated heterocycles. The van der Waals surface area contributed by atoms with E-state index in [0.717, 1.165) is 17.5 Å². The number of carbonyl (C=O) groups is 1. The number of ether oxygens (including phenoxy) is 1. The average molecular weight is 330 g/mol. The molecular formula is C13H22N4O6.